The first-order valence-corrected chi connectivity index (χ1v) is 10.5. The van der Waals surface area contributed by atoms with E-state index in [9.17, 15) is 13.2 Å². The van der Waals surface area contributed by atoms with Gasteiger partial charge in [-0.25, -0.2) is 17.5 Å². The average molecular weight is 358 g/mol. The van der Waals surface area contributed by atoms with Gasteiger partial charge in [-0.2, -0.15) is 0 Å². The third-order valence-corrected chi connectivity index (χ3v) is 7.71. The van der Waals surface area contributed by atoms with Crippen molar-refractivity contribution in [3.8, 4) is 0 Å². The molecule has 3 rings (SSSR count). The molecule has 1 aromatic heterocycles. The third-order valence-electron chi connectivity index (χ3n) is 4.43. The van der Waals surface area contributed by atoms with Crippen molar-refractivity contribution in [3.05, 3.63) is 22.4 Å². The molecule has 2 amide bonds. The van der Waals surface area contributed by atoms with Gasteiger partial charge in [0.15, 0.2) is 0 Å². The summed E-state index contributed by atoms with van der Waals surface area (Å²) >= 11 is 1.62. The van der Waals surface area contributed by atoms with Crippen molar-refractivity contribution in [2.45, 2.75) is 37.5 Å². The maximum Gasteiger partial charge on any atom is 0.315 e. The average Bonchev–Trinajstić information content (AvgIpc) is 3.29. The normalized spacial score (nSPS) is 20.3. The van der Waals surface area contributed by atoms with Crippen LogP contribution in [0.25, 0.3) is 0 Å². The quantitative estimate of drug-likeness (QED) is 0.814. The fourth-order valence-corrected chi connectivity index (χ4v) is 5.34. The van der Waals surface area contributed by atoms with E-state index in [2.05, 4.69) is 10.6 Å². The second-order valence-electron chi connectivity index (χ2n) is 6.23. The number of urea groups is 1. The zero-order chi connectivity index (χ0) is 16.3. The number of nitrogens with zero attached hydrogens (tertiary/aromatic N) is 1. The summed E-state index contributed by atoms with van der Waals surface area (Å²) in [5.74, 6) is 0.355. The zero-order valence-electron chi connectivity index (χ0n) is 13.0. The second kappa shape index (κ2) is 7.19. The molecule has 2 N–H and O–H groups in total. The largest absolute Gasteiger partial charge is 0.338 e. The standard InChI is InChI=1S/C15H23N3O3S2/c19-15(17-11-13-2-1-9-22-13)16-10-12-5-7-18(8-6-12)23(20,21)14-3-4-14/h1-2,9,12,14H,3-8,10-11H2,(H2,16,17,19). The van der Waals surface area contributed by atoms with E-state index in [1.54, 1.807) is 15.6 Å². The van der Waals surface area contributed by atoms with E-state index in [0.717, 1.165) is 30.6 Å². The number of thiophene rings is 1. The van der Waals surface area contributed by atoms with E-state index in [1.807, 2.05) is 17.5 Å². The van der Waals surface area contributed by atoms with Crippen molar-refractivity contribution in [1.82, 2.24) is 14.9 Å². The lowest BCUT2D eigenvalue weighted by Crippen LogP contribution is -2.44. The summed E-state index contributed by atoms with van der Waals surface area (Å²) in [5, 5.41) is 7.58. The van der Waals surface area contributed by atoms with Gasteiger partial charge >= 0.3 is 6.03 Å². The Bertz CT molecular complexity index is 618. The molecular formula is C15H23N3O3S2. The molecule has 1 aromatic rings. The Balaban J connectivity index is 1.35. The Labute approximate surface area is 141 Å². The highest BCUT2D eigenvalue weighted by atomic mass is 32.2. The van der Waals surface area contributed by atoms with E-state index in [4.69, 9.17) is 0 Å². The van der Waals surface area contributed by atoms with Crippen LogP contribution >= 0.6 is 11.3 Å². The van der Waals surface area contributed by atoms with Crippen LogP contribution in [0.15, 0.2) is 17.5 Å². The van der Waals surface area contributed by atoms with Gasteiger partial charge in [-0.05, 0) is 43.0 Å². The fourth-order valence-electron chi connectivity index (χ4n) is 2.82. The maximum atomic E-state index is 12.2. The van der Waals surface area contributed by atoms with Crippen LogP contribution in [-0.2, 0) is 16.6 Å². The molecule has 23 heavy (non-hydrogen) atoms. The number of hydrogen-bond acceptors (Lipinski definition) is 4. The lowest BCUT2D eigenvalue weighted by Gasteiger charge is -2.31. The van der Waals surface area contributed by atoms with E-state index >= 15 is 0 Å². The van der Waals surface area contributed by atoms with Crippen LogP contribution in [0, 0.1) is 5.92 Å². The van der Waals surface area contributed by atoms with E-state index in [0.29, 0.717) is 32.1 Å². The van der Waals surface area contributed by atoms with Crippen molar-refractivity contribution in [2.24, 2.45) is 5.92 Å². The predicted octanol–water partition coefficient (Wildman–Crippen LogP) is 1.75. The molecule has 0 atom stereocenters. The molecule has 8 heteroatoms. The lowest BCUT2D eigenvalue weighted by molar-refractivity contribution is 0.230. The highest BCUT2D eigenvalue weighted by molar-refractivity contribution is 7.90. The van der Waals surface area contributed by atoms with Crippen LogP contribution in [0.3, 0.4) is 0 Å². The SMILES string of the molecule is O=C(NCc1cccs1)NCC1CCN(S(=O)(=O)C2CC2)CC1. The second-order valence-corrected chi connectivity index (χ2v) is 9.47. The van der Waals surface area contributed by atoms with Gasteiger partial charge < -0.3 is 10.6 Å². The summed E-state index contributed by atoms with van der Waals surface area (Å²) in [6.07, 6.45) is 3.26. The van der Waals surface area contributed by atoms with Crippen molar-refractivity contribution >= 4 is 27.4 Å². The fraction of sp³-hybridized carbons (Fsp3) is 0.667. The molecule has 6 nitrogen and oxygen atoms in total. The predicted molar refractivity (Wildman–Crippen MR) is 90.8 cm³/mol. The monoisotopic (exact) mass is 357 g/mol. The van der Waals surface area contributed by atoms with Gasteiger partial charge in [0.25, 0.3) is 0 Å². The topological polar surface area (TPSA) is 78.5 Å². The summed E-state index contributed by atoms with van der Waals surface area (Å²) in [6, 6.07) is 3.79. The maximum absolute atomic E-state index is 12.2. The molecule has 128 valence electrons. The molecule has 2 aliphatic rings. The van der Waals surface area contributed by atoms with Crippen LogP contribution in [0.4, 0.5) is 4.79 Å². The summed E-state index contributed by atoms with van der Waals surface area (Å²) < 4.78 is 26.0. The van der Waals surface area contributed by atoms with E-state index in [1.165, 1.54) is 0 Å². The number of carbonyl (C=O) groups excluding carboxylic acids is 1. The highest BCUT2D eigenvalue weighted by Crippen LogP contribution is 2.32. The Morgan fingerprint density at radius 2 is 1.96 bits per heavy atom. The Morgan fingerprint density at radius 1 is 1.22 bits per heavy atom. The molecule has 2 heterocycles. The van der Waals surface area contributed by atoms with Crippen molar-refractivity contribution in [3.63, 3.8) is 0 Å². The number of nitrogens with one attached hydrogen (secondary N) is 2. The van der Waals surface area contributed by atoms with Crippen molar-refractivity contribution < 1.29 is 13.2 Å². The Morgan fingerprint density at radius 3 is 2.57 bits per heavy atom. The van der Waals surface area contributed by atoms with Gasteiger partial charge in [0.05, 0.1) is 11.8 Å². The number of hydrogen-bond donors (Lipinski definition) is 2. The number of piperidine rings is 1. The van der Waals surface area contributed by atoms with Crippen LogP contribution in [0.5, 0.6) is 0 Å². The van der Waals surface area contributed by atoms with Crippen LogP contribution in [0.1, 0.15) is 30.6 Å². The van der Waals surface area contributed by atoms with Crippen molar-refractivity contribution in [2.75, 3.05) is 19.6 Å². The first-order valence-electron chi connectivity index (χ1n) is 8.09. The van der Waals surface area contributed by atoms with Crippen LogP contribution < -0.4 is 10.6 Å². The summed E-state index contributed by atoms with van der Waals surface area (Å²) in [6.45, 7) is 2.32. The van der Waals surface area contributed by atoms with E-state index in [-0.39, 0.29) is 11.3 Å². The Kier molecular flexibility index (Phi) is 5.23. The van der Waals surface area contributed by atoms with Gasteiger partial charge in [0, 0.05) is 24.5 Å². The zero-order valence-corrected chi connectivity index (χ0v) is 14.7. The number of sulfonamides is 1. The third kappa shape index (κ3) is 4.45. The smallest absolute Gasteiger partial charge is 0.315 e. The molecule has 2 fully saturated rings. The first kappa shape index (κ1) is 16.7. The van der Waals surface area contributed by atoms with Gasteiger partial charge in [0.1, 0.15) is 0 Å². The minimum atomic E-state index is -3.04. The van der Waals surface area contributed by atoms with E-state index < -0.39 is 10.0 Å². The Hall–Kier alpha value is -1.12. The number of amides is 2. The van der Waals surface area contributed by atoms with Crippen molar-refractivity contribution in [1.29, 1.82) is 0 Å². The molecule has 0 unspecified atom stereocenters. The lowest BCUT2D eigenvalue weighted by atomic mass is 9.98. The van der Waals surface area contributed by atoms with Crippen LogP contribution in [-0.4, -0.2) is 43.6 Å². The summed E-state index contributed by atoms with van der Waals surface area (Å²) in [4.78, 5) is 12.9. The molecule has 1 saturated carbocycles. The van der Waals surface area contributed by atoms with Gasteiger partial charge in [0.2, 0.25) is 10.0 Å². The minimum Gasteiger partial charge on any atom is -0.338 e. The summed E-state index contributed by atoms with van der Waals surface area (Å²) in [7, 11) is -3.04. The van der Waals surface area contributed by atoms with Crippen LogP contribution in [0.2, 0.25) is 0 Å². The molecular weight excluding hydrogens is 334 g/mol. The molecule has 0 spiro atoms. The molecule has 0 aromatic carbocycles. The molecule has 1 aliphatic carbocycles. The minimum absolute atomic E-state index is 0.125. The highest BCUT2D eigenvalue weighted by Gasteiger charge is 2.41. The first-order chi connectivity index (χ1) is 11.1. The van der Waals surface area contributed by atoms with Gasteiger partial charge in [-0.15, -0.1) is 11.3 Å². The number of rotatable bonds is 6. The van der Waals surface area contributed by atoms with Gasteiger partial charge in [-0.3, -0.25) is 0 Å². The summed E-state index contributed by atoms with van der Waals surface area (Å²) in [5.41, 5.74) is 0. The molecule has 1 aliphatic heterocycles. The molecule has 1 saturated heterocycles. The number of carbonyl (C=O) groups is 1. The molecule has 0 radical (unpaired) electrons. The van der Waals surface area contributed by atoms with Gasteiger partial charge in [-0.1, -0.05) is 6.07 Å². The molecule has 0 bridgehead atoms.